The van der Waals surface area contributed by atoms with Crippen molar-refractivity contribution in [2.45, 2.75) is 25.4 Å². The van der Waals surface area contributed by atoms with Crippen molar-refractivity contribution in [1.82, 2.24) is 5.32 Å². The molecule has 2 aromatic rings. The lowest BCUT2D eigenvalue weighted by atomic mass is 9.99. The molecule has 0 saturated carbocycles. The summed E-state index contributed by atoms with van der Waals surface area (Å²) in [4.78, 5) is 6.61. The number of nitrogens with zero attached hydrogens (tertiary/aromatic N) is 2. The second-order valence-corrected chi connectivity index (χ2v) is 9.44. The van der Waals surface area contributed by atoms with Crippen molar-refractivity contribution in [3.05, 3.63) is 53.5 Å². The number of fused-ring (bicyclic) bond motifs is 1. The zero-order valence-corrected chi connectivity index (χ0v) is 21.4. The summed E-state index contributed by atoms with van der Waals surface area (Å²) in [7, 11) is 0. The first-order chi connectivity index (χ1) is 18.5. The fraction of sp³-hybridized carbons (Fsp3) is 0.407. The molecule has 0 radical (unpaired) electrons. The van der Waals surface area contributed by atoms with Crippen molar-refractivity contribution >= 4 is 29.0 Å². The van der Waals surface area contributed by atoms with Gasteiger partial charge in [0.05, 0.1) is 38.7 Å². The third-order valence-corrected chi connectivity index (χ3v) is 6.59. The first-order valence-corrected chi connectivity index (χ1v) is 12.7. The Kier molecular flexibility index (Phi) is 7.66. The van der Waals surface area contributed by atoms with E-state index in [2.05, 4.69) is 10.6 Å². The molecule has 1 saturated heterocycles. The summed E-state index contributed by atoms with van der Waals surface area (Å²) < 4.78 is 36.8. The molecule has 5 N–H and O–H groups in total. The van der Waals surface area contributed by atoms with E-state index in [0.29, 0.717) is 74.6 Å². The van der Waals surface area contributed by atoms with E-state index in [9.17, 15) is 4.39 Å². The van der Waals surface area contributed by atoms with Crippen molar-refractivity contribution in [3.8, 4) is 11.5 Å². The molecule has 0 spiro atoms. The SMILES string of the molecule is CC(=N)CN(CN)c1ccc(/C=C2\OCCN=C2NC2(Nc3ccc(F)cc3)CCOCC2)c2c1OCO2. The Morgan fingerprint density at radius 3 is 2.58 bits per heavy atom. The lowest BCUT2D eigenvalue weighted by molar-refractivity contribution is 0.0549. The van der Waals surface area contributed by atoms with E-state index in [-0.39, 0.29) is 19.3 Å². The highest BCUT2D eigenvalue weighted by atomic mass is 19.1. The van der Waals surface area contributed by atoms with Gasteiger partial charge in [-0.1, -0.05) is 0 Å². The van der Waals surface area contributed by atoms with E-state index in [0.717, 1.165) is 16.9 Å². The van der Waals surface area contributed by atoms with Crippen LogP contribution >= 0.6 is 0 Å². The van der Waals surface area contributed by atoms with Gasteiger partial charge in [-0.25, -0.2) is 4.39 Å². The molecule has 2 aromatic carbocycles. The summed E-state index contributed by atoms with van der Waals surface area (Å²) in [5.74, 6) is 2.10. The van der Waals surface area contributed by atoms with Gasteiger partial charge in [0.25, 0.3) is 0 Å². The zero-order chi connectivity index (χ0) is 26.5. The average Bonchev–Trinajstić information content (AvgIpc) is 3.41. The topological polar surface area (TPSA) is 126 Å². The molecule has 0 bridgehead atoms. The summed E-state index contributed by atoms with van der Waals surface area (Å²) in [6.45, 7) is 4.58. The number of benzene rings is 2. The van der Waals surface area contributed by atoms with Crippen LogP contribution in [0.3, 0.4) is 0 Å². The highest BCUT2D eigenvalue weighted by molar-refractivity contribution is 6.02. The molecule has 3 aliphatic heterocycles. The highest BCUT2D eigenvalue weighted by Gasteiger charge is 2.35. The fourth-order valence-corrected chi connectivity index (χ4v) is 4.75. The molecule has 0 aromatic heterocycles. The van der Waals surface area contributed by atoms with Gasteiger partial charge in [-0.15, -0.1) is 0 Å². The number of anilines is 2. The highest BCUT2D eigenvalue weighted by Crippen LogP contribution is 2.44. The molecule has 0 amide bonds. The predicted octanol–water partition coefficient (Wildman–Crippen LogP) is 3.29. The van der Waals surface area contributed by atoms with Crippen LogP contribution in [0.15, 0.2) is 47.1 Å². The van der Waals surface area contributed by atoms with Gasteiger partial charge in [0.2, 0.25) is 6.79 Å². The van der Waals surface area contributed by atoms with E-state index in [4.69, 9.17) is 35.1 Å². The Hall–Kier alpha value is -3.83. The Morgan fingerprint density at radius 1 is 1.08 bits per heavy atom. The van der Waals surface area contributed by atoms with Gasteiger partial charge in [-0.05, 0) is 49.4 Å². The molecule has 0 atom stereocenters. The van der Waals surface area contributed by atoms with Crippen molar-refractivity contribution < 1.29 is 23.3 Å². The summed E-state index contributed by atoms with van der Waals surface area (Å²) in [6, 6.07) is 10.1. The van der Waals surface area contributed by atoms with Crippen LogP contribution in [-0.2, 0) is 9.47 Å². The Bertz CT molecular complexity index is 1230. The molecule has 0 unspecified atom stereocenters. The average molecular weight is 525 g/mol. The summed E-state index contributed by atoms with van der Waals surface area (Å²) >= 11 is 0. The fourth-order valence-electron chi connectivity index (χ4n) is 4.75. The van der Waals surface area contributed by atoms with Crippen LogP contribution in [0, 0.1) is 11.2 Å². The van der Waals surface area contributed by atoms with Crippen LogP contribution in [0.2, 0.25) is 0 Å². The first kappa shape index (κ1) is 25.8. The minimum absolute atomic E-state index is 0.0925. The number of amidine groups is 1. The van der Waals surface area contributed by atoms with Crippen LogP contribution in [0.25, 0.3) is 6.08 Å². The normalized spacial score (nSPS) is 18.9. The van der Waals surface area contributed by atoms with Crippen molar-refractivity contribution in [3.63, 3.8) is 0 Å². The van der Waals surface area contributed by atoms with Crippen LogP contribution in [0.1, 0.15) is 25.3 Å². The molecular formula is C27H33FN6O4. The standard InChI is InChI=1S/C27H33FN6O4/c1-18(30)15-34(16-29)22-7-2-19(24-25(22)38-17-37-24)14-23-26(31-10-13-36-23)33-27(8-11-35-12-9-27)32-21-5-3-20(28)4-6-21/h2-7,14,30,32H,8-13,15-17,29H2,1H3,(H,31,33)/b23-14-,30-18?. The summed E-state index contributed by atoms with van der Waals surface area (Å²) in [5.41, 5.74) is 8.26. The molecule has 202 valence electrons. The smallest absolute Gasteiger partial charge is 0.231 e. The van der Waals surface area contributed by atoms with Gasteiger partial charge in [0.1, 0.15) is 18.1 Å². The van der Waals surface area contributed by atoms with Crippen molar-refractivity contribution in [2.75, 3.05) is 56.6 Å². The second kappa shape index (κ2) is 11.3. The van der Waals surface area contributed by atoms with Gasteiger partial charge in [-0.2, -0.15) is 0 Å². The lowest BCUT2D eigenvalue weighted by Crippen LogP contribution is -2.58. The molecule has 1 fully saturated rings. The van der Waals surface area contributed by atoms with Gasteiger partial charge in [0, 0.05) is 29.8 Å². The number of aliphatic imine (C=N–C) groups is 1. The second-order valence-electron chi connectivity index (χ2n) is 9.44. The predicted molar refractivity (Wildman–Crippen MR) is 145 cm³/mol. The van der Waals surface area contributed by atoms with E-state index in [1.54, 1.807) is 19.1 Å². The summed E-state index contributed by atoms with van der Waals surface area (Å²) in [5, 5.41) is 15.0. The Labute approximate surface area is 221 Å². The monoisotopic (exact) mass is 524 g/mol. The molecule has 11 heteroatoms. The van der Waals surface area contributed by atoms with Gasteiger partial charge >= 0.3 is 0 Å². The molecule has 5 rings (SSSR count). The third-order valence-electron chi connectivity index (χ3n) is 6.59. The zero-order valence-electron chi connectivity index (χ0n) is 21.4. The molecule has 0 aliphatic carbocycles. The quantitative estimate of drug-likeness (QED) is 0.306. The van der Waals surface area contributed by atoms with E-state index in [1.807, 2.05) is 23.1 Å². The molecule has 3 heterocycles. The number of nitrogens with two attached hydrogens (primary N) is 1. The first-order valence-electron chi connectivity index (χ1n) is 12.7. The number of ether oxygens (including phenoxy) is 4. The van der Waals surface area contributed by atoms with Crippen LogP contribution in [0.5, 0.6) is 11.5 Å². The Morgan fingerprint density at radius 2 is 1.84 bits per heavy atom. The third kappa shape index (κ3) is 5.68. The van der Waals surface area contributed by atoms with Gasteiger partial charge in [0.15, 0.2) is 23.1 Å². The maximum atomic E-state index is 13.5. The molecular weight excluding hydrogens is 491 g/mol. The van der Waals surface area contributed by atoms with E-state index >= 15 is 0 Å². The van der Waals surface area contributed by atoms with E-state index in [1.165, 1.54) is 12.1 Å². The number of hydrogen-bond donors (Lipinski definition) is 4. The molecule has 10 nitrogen and oxygen atoms in total. The number of nitrogens with one attached hydrogen (secondary N) is 3. The summed E-state index contributed by atoms with van der Waals surface area (Å²) in [6.07, 6.45) is 3.25. The van der Waals surface area contributed by atoms with E-state index < -0.39 is 5.66 Å². The Balaban J connectivity index is 1.43. The molecule has 3 aliphatic rings. The van der Waals surface area contributed by atoms with Crippen LogP contribution in [-0.4, -0.2) is 63.6 Å². The molecule has 38 heavy (non-hydrogen) atoms. The number of hydrogen-bond acceptors (Lipinski definition) is 10. The maximum absolute atomic E-state index is 13.5. The maximum Gasteiger partial charge on any atom is 0.231 e. The minimum atomic E-state index is -0.549. The lowest BCUT2D eigenvalue weighted by Gasteiger charge is -2.41. The largest absolute Gasteiger partial charge is 0.488 e. The van der Waals surface area contributed by atoms with Crippen LogP contribution < -0.4 is 30.7 Å². The minimum Gasteiger partial charge on any atom is -0.488 e. The van der Waals surface area contributed by atoms with Crippen molar-refractivity contribution in [1.29, 1.82) is 5.41 Å². The van der Waals surface area contributed by atoms with Crippen molar-refractivity contribution in [2.24, 2.45) is 10.7 Å². The van der Waals surface area contributed by atoms with Gasteiger partial charge in [-0.3, -0.25) is 4.99 Å². The van der Waals surface area contributed by atoms with Crippen LogP contribution in [0.4, 0.5) is 15.8 Å². The number of rotatable bonds is 8. The number of halogens is 1. The van der Waals surface area contributed by atoms with Gasteiger partial charge < -0.3 is 45.6 Å².